The lowest BCUT2D eigenvalue weighted by atomic mass is 9.67. The third kappa shape index (κ3) is 1.98. The van der Waals surface area contributed by atoms with Crippen LogP contribution in [0.25, 0.3) is 0 Å². The van der Waals surface area contributed by atoms with E-state index in [0.717, 1.165) is 7.11 Å². The first-order chi connectivity index (χ1) is 12.3. The van der Waals surface area contributed by atoms with E-state index in [-0.39, 0.29) is 22.8 Å². The molecule has 1 aromatic carbocycles. The number of fused-ring (bicyclic) bond motifs is 2. The average molecular weight is 358 g/mol. The molecule has 0 unspecified atom stereocenters. The zero-order chi connectivity index (χ0) is 19.2. The van der Waals surface area contributed by atoms with Crippen LogP contribution in [0.4, 0.5) is 5.69 Å². The number of methoxy groups -OCH3 is 2. The molecule has 2 aliphatic heterocycles. The Hall–Kier alpha value is -3.29. The average Bonchev–Trinajstić information content (AvgIpc) is 2.84. The van der Waals surface area contributed by atoms with Crippen LogP contribution in [0, 0.1) is 0 Å². The molecule has 0 bridgehead atoms. The first-order valence-corrected chi connectivity index (χ1v) is 7.76. The van der Waals surface area contributed by atoms with Crippen molar-refractivity contribution in [3.63, 3.8) is 0 Å². The minimum absolute atomic E-state index is 0.0838. The van der Waals surface area contributed by atoms with E-state index in [4.69, 9.17) is 19.9 Å². The van der Waals surface area contributed by atoms with Gasteiger partial charge in [-0.2, -0.15) is 0 Å². The summed E-state index contributed by atoms with van der Waals surface area (Å²) >= 11 is 0. The molecule has 26 heavy (non-hydrogen) atoms. The Labute approximate surface area is 149 Å². The monoisotopic (exact) mass is 358 g/mol. The zero-order valence-electron chi connectivity index (χ0n) is 14.8. The Morgan fingerprint density at radius 3 is 2.31 bits per heavy atom. The van der Waals surface area contributed by atoms with Gasteiger partial charge in [-0.15, -0.1) is 0 Å². The van der Waals surface area contributed by atoms with Crippen molar-refractivity contribution in [2.45, 2.75) is 12.3 Å². The first-order valence-electron chi connectivity index (χ1n) is 7.76. The molecule has 0 fully saturated rings. The van der Waals surface area contributed by atoms with Gasteiger partial charge in [-0.3, -0.25) is 4.79 Å². The van der Waals surface area contributed by atoms with Crippen LogP contribution in [0.15, 0.2) is 47.1 Å². The van der Waals surface area contributed by atoms with Crippen LogP contribution in [0.5, 0.6) is 0 Å². The molecule has 2 aliphatic rings. The molecule has 3 rings (SSSR count). The molecule has 1 aromatic rings. The molecular formula is C18H18N2O6. The maximum absolute atomic E-state index is 13.4. The smallest absolute Gasteiger partial charge is 0.340 e. The number of carbonyl (C=O) groups excluding carboxylic acids is 3. The van der Waals surface area contributed by atoms with Crippen molar-refractivity contribution in [2.24, 2.45) is 5.73 Å². The first kappa shape index (κ1) is 17.5. The van der Waals surface area contributed by atoms with Crippen molar-refractivity contribution in [2.75, 3.05) is 26.2 Å². The quantitative estimate of drug-likeness (QED) is 0.776. The summed E-state index contributed by atoms with van der Waals surface area (Å²) in [5.41, 5.74) is 4.81. The number of allylic oxidation sites excluding steroid dienone is 1. The van der Waals surface area contributed by atoms with Gasteiger partial charge in [-0.1, -0.05) is 18.2 Å². The molecule has 1 atom stereocenters. The van der Waals surface area contributed by atoms with Gasteiger partial charge >= 0.3 is 11.9 Å². The minimum atomic E-state index is -1.79. The predicted octanol–water partition coefficient (Wildman–Crippen LogP) is 0.721. The van der Waals surface area contributed by atoms with Gasteiger partial charge in [0.15, 0.2) is 0 Å². The van der Waals surface area contributed by atoms with E-state index in [1.807, 2.05) is 0 Å². The van der Waals surface area contributed by atoms with E-state index in [1.54, 1.807) is 31.3 Å². The number of likely N-dealkylation sites (N-methyl/N-ethyl adjacent to an activating group) is 1. The number of nitrogens with two attached hydrogens (primary N) is 1. The zero-order valence-corrected chi connectivity index (χ0v) is 14.8. The van der Waals surface area contributed by atoms with Crippen LogP contribution in [0.1, 0.15) is 12.5 Å². The predicted molar refractivity (Wildman–Crippen MR) is 90.6 cm³/mol. The van der Waals surface area contributed by atoms with Crippen molar-refractivity contribution >= 4 is 23.5 Å². The number of anilines is 1. The lowest BCUT2D eigenvalue weighted by Crippen LogP contribution is -2.50. The number of nitrogens with zero attached hydrogens (tertiary/aromatic N) is 1. The summed E-state index contributed by atoms with van der Waals surface area (Å²) in [5, 5.41) is 0. The van der Waals surface area contributed by atoms with Gasteiger partial charge in [0.25, 0.3) is 0 Å². The number of amides is 1. The summed E-state index contributed by atoms with van der Waals surface area (Å²) in [7, 11) is 3.90. The van der Waals surface area contributed by atoms with Crippen LogP contribution in [-0.4, -0.2) is 39.1 Å². The van der Waals surface area contributed by atoms with Crippen LogP contribution in [0.2, 0.25) is 0 Å². The number of rotatable bonds is 2. The van der Waals surface area contributed by atoms with Crippen LogP contribution < -0.4 is 10.6 Å². The summed E-state index contributed by atoms with van der Waals surface area (Å²) in [6.07, 6.45) is 0. The summed E-state index contributed by atoms with van der Waals surface area (Å²) < 4.78 is 15.1. The Bertz CT molecular complexity index is 861. The lowest BCUT2D eigenvalue weighted by Gasteiger charge is -2.35. The molecule has 8 nitrogen and oxygen atoms in total. The Balaban J connectivity index is 2.48. The second-order valence-electron chi connectivity index (χ2n) is 5.89. The molecular weight excluding hydrogens is 340 g/mol. The topological polar surface area (TPSA) is 108 Å². The molecule has 1 amide bonds. The van der Waals surface area contributed by atoms with E-state index in [9.17, 15) is 14.4 Å². The SMILES string of the molecule is COC(=O)C1=C(C)OC(N)=C(C(=O)OC)[C@]12C(=O)N(C)c1ccccc12. The highest BCUT2D eigenvalue weighted by Gasteiger charge is 2.63. The fraction of sp³-hybridized carbons (Fsp3) is 0.278. The van der Waals surface area contributed by atoms with Crippen molar-refractivity contribution in [1.29, 1.82) is 0 Å². The number of hydrogen-bond donors (Lipinski definition) is 1. The van der Waals surface area contributed by atoms with E-state index < -0.39 is 23.3 Å². The highest BCUT2D eigenvalue weighted by atomic mass is 16.5. The molecule has 0 saturated heterocycles. The Kier molecular flexibility index (Phi) is 3.98. The van der Waals surface area contributed by atoms with Crippen molar-refractivity contribution in [1.82, 2.24) is 0 Å². The molecule has 2 heterocycles. The van der Waals surface area contributed by atoms with Crippen LogP contribution >= 0.6 is 0 Å². The van der Waals surface area contributed by atoms with Crippen molar-refractivity contribution in [3.8, 4) is 0 Å². The molecule has 0 aliphatic carbocycles. The minimum Gasteiger partial charge on any atom is -0.466 e. The Morgan fingerprint density at radius 2 is 1.69 bits per heavy atom. The number of para-hydroxylation sites is 1. The van der Waals surface area contributed by atoms with Crippen LogP contribution in [0.3, 0.4) is 0 Å². The second-order valence-corrected chi connectivity index (χ2v) is 5.89. The molecule has 0 saturated carbocycles. The number of carbonyl (C=O) groups is 3. The van der Waals surface area contributed by atoms with Crippen LogP contribution in [-0.2, 0) is 34.0 Å². The fourth-order valence-corrected chi connectivity index (χ4v) is 3.64. The summed E-state index contributed by atoms with van der Waals surface area (Å²) in [5.74, 6) is -2.39. The van der Waals surface area contributed by atoms with E-state index in [2.05, 4.69) is 0 Å². The summed E-state index contributed by atoms with van der Waals surface area (Å²) in [6, 6.07) is 6.83. The normalized spacial score (nSPS) is 21.7. The number of esters is 2. The maximum Gasteiger partial charge on any atom is 0.340 e. The standard InChI is InChI=1S/C18H18N2O6/c1-9-12(15(21)24-3)18(13(14(19)26-9)16(22)25-4)10-7-5-6-8-11(10)20(2)17(18)23/h5-8H,19H2,1-4H3/t18-/m1/s1. The number of ether oxygens (including phenoxy) is 3. The van der Waals surface area contributed by atoms with Crippen molar-refractivity contribution < 1.29 is 28.6 Å². The maximum atomic E-state index is 13.4. The lowest BCUT2D eigenvalue weighted by molar-refractivity contribution is -0.141. The van der Waals surface area contributed by atoms with E-state index in [0.29, 0.717) is 11.3 Å². The molecule has 0 aromatic heterocycles. The number of hydrogen-bond acceptors (Lipinski definition) is 7. The summed E-state index contributed by atoms with van der Waals surface area (Å²) in [6.45, 7) is 1.49. The summed E-state index contributed by atoms with van der Waals surface area (Å²) in [4.78, 5) is 40.0. The van der Waals surface area contributed by atoms with Gasteiger partial charge in [-0.25, -0.2) is 9.59 Å². The van der Waals surface area contributed by atoms with Gasteiger partial charge in [-0.05, 0) is 13.0 Å². The van der Waals surface area contributed by atoms with Gasteiger partial charge in [0, 0.05) is 18.3 Å². The van der Waals surface area contributed by atoms with Gasteiger partial charge in [0.05, 0.1) is 14.2 Å². The highest BCUT2D eigenvalue weighted by Crippen LogP contribution is 2.54. The fourth-order valence-electron chi connectivity index (χ4n) is 3.64. The third-order valence-electron chi connectivity index (χ3n) is 4.69. The molecule has 0 radical (unpaired) electrons. The highest BCUT2D eigenvalue weighted by molar-refractivity contribution is 6.22. The molecule has 136 valence electrons. The number of benzene rings is 1. The van der Waals surface area contributed by atoms with E-state index >= 15 is 0 Å². The van der Waals surface area contributed by atoms with Crippen molar-refractivity contribution in [3.05, 3.63) is 52.6 Å². The van der Waals surface area contributed by atoms with E-state index in [1.165, 1.54) is 18.9 Å². The molecule has 2 N–H and O–H groups in total. The van der Waals surface area contributed by atoms with Gasteiger partial charge < -0.3 is 24.8 Å². The van der Waals surface area contributed by atoms with Gasteiger partial charge in [0.1, 0.15) is 22.3 Å². The molecule has 8 heteroatoms. The third-order valence-corrected chi connectivity index (χ3v) is 4.69. The second kappa shape index (κ2) is 5.91. The van der Waals surface area contributed by atoms with Gasteiger partial charge in [0.2, 0.25) is 11.8 Å². The largest absolute Gasteiger partial charge is 0.466 e. The molecule has 1 spiro atoms. The Morgan fingerprint density at radius 1 is 1.12 bits per heavy atom.